The van der Waals surface area contributed by atoms with E-state index in [0.29, 0.717) is 6.04 Å². The number of benzene rings is 1. The topological polar surface area (TPSA) is 21.3 Å². The van der Waals surface area contributed by atoms with Gasteiger partial charge in [-0.15, -0.1) is 0 Å². The van der Waals surface area contributed by atoms with Gasteiger partial charge in [0.15, 0.2) is 0 Å². The summed E-state index contributed by atoms with van der Waals surface area (Å²) in [6, 6.07) is 11.0. The van der Waals surface area contributed by atoms with Crippen LogP contribution in [0.15, 0.2) is 30.3 Å². The minimum Gasteiger partial charge on any atom is -0.381 e. The summed E-state index contributed by atoms with van der Waals surface area (Å²) in [6.45, 7) is 7.03. The average Bonchev–Trinajstić information content (AvgIpc) is 2.30. The van der Waals surface area contributed by atoms with E-state index in [-0.39, 0.29) is 0 Å². The molecule has 90 valence electrons. The molecule has 1 aromatic carbocycles. The van der Waals surface area contributed by atoms with Crippen molar-refractivity contribution in [2.45, 2.75) is 32.7 Å². The van der Waals surface area contributed by atoms with Crippen molar-refractivity contribution in [1.29, 1.82) is 0 Å². The number of ether oxygens (including phenoxy) is 1. The minimum atomic E-state index is 0.557. The summed E-state index contributed by atoms with van der Waals surface area (Å²) in [4.78, 5) is 0. The lowest BCUT2D eigenvalue weighted by Crippen LogP contribution is -2.26. The lowest BCUT2D eigenvalue weighted by atomic mass is 10.2. The van der Waals surface area contributed by atoms with Crippen LogP contribution in [0.1, 0.15) is 25.8 Å². The highest BCUT2D eigenvalue weighted by Gasteiger charge is 1.99. The minimum absolute atomic E-state index is 0.557. The average molecular weight is 221 g/mol. The van der Waals surface area contributed by atoms with Crippen molar-refractivity contribution >= 4 is 0 Å². The standard InChI is InChI=1S/C14H23NO/c1-3-15-13(2)9-11-16-12-10-14-7-5-4-6-8-14/h4-8,13,15H,3,9-12H2,1-2H3. The van der Waals surface area contributed by atoms with Crippen LogP contribution < -0.4 is 5.32 Å². The van der Waals surface area contributed by atoms with Crippen molar-refractivity contribution in [2.24, 2.45) is 0 Å². The molecular weight excluding hydrogens is 198 g/mol. The maximum absolute atomic E-state index is 5.61. The molecule has 0 radical (unpaired) electrons. The van der Waals surface area contributed by atoms with Crippen molar-refractivity contribution in [3.63, 3.8) is 0 Å². The van der Waals surface area contributed by atoms with Crippen LogP contribution in [0.5, 0.6) is 0 Å². The Balaban J connectivity index is 2.00. The van der Waals surface area contributed by atoms with Gasteiger partial charge >= 0.3 is 0 Å². The third-order valence-electron chi connectivity index (χ3n) is 2.63. The fraction of sp³-hybridized carbons (Fsp3) is 0.571. The lowest BCUT2D eigenvalue weighted by molar-refractivity contribution is 0.128. The van der Waals surface area contributed by atoms with Crippen molar-refractivity contribution in [2.75, 3.05) is 19.8 Å². The van der Waals surface area contributed by atoms with Gasteiger partial charge in [0, 0.05) is 12.6 Å². The SMILES string of the molecule is CCNC(C)CCOCCc1ccccc1. The van der Waals surface area contributed by atoms with E-state index in [1.54, 1.807) is 0 Å². The van der Waals surface area contributed by atoms with Crippen LogP contribution in [0.3, 0.4) is 0 Å². The molecule has 0 aliphatic carbocycles. The predicted molar refractivity (Wildman–Crippen MR) is 68.7 cm³/mol. The first-order valence-corrected chi connectivity index (χ1v) is 6.18. The van der Waals surface area contributed by atoms with E-state index in [2.05, 4.69) is 43.4 Å². The van der Waals surface area contributed by atoms with Gasteiger partial charge in [-0.25, -0.2) is 0 Å². The Morgan fingerprint density at radius 3 is 2.62 bits per heavy atom. The van der Waals surface area contributed by atoms with Gasteiger partial charge in [-0.2, -0.15) is 0 Å². The Labute approximate surface area is 99.0 Å². The highest BCUT2D eigenvalue weighted by atomic mass is 16.5. The monoisotopic (exact) mass is 221 g/mol. The molecule has 1 unspecified atom stereocenters. The zero-order valence-corrected chi connectivity index (χ0v) is 10.4. The van der Waals surface area contributed by atoms with E-state index >= 15 is 0 Å². The van der Waals surface area contributed by atoms with Gasteiger partial charge in [0.05, 0.1) is 6.61 Å². The summed E-state index contributed by atoms with van der Waals surface area (Å²) < 4.78 is 5.61. The van der Waals surface area contributed by atoms with Gasteiger partial charge in [0.25, 0.3) is 0 Å². The molecule has 0 saturated heterocycles. The normalized spacial score (nSPS) is 12.6. The van der Waals surface area contributed by atoms with Crippen molar-refractivity contribution in [1.82, 2.24) is 5.32 Å². The zero-order chi connectivity index (χ0) is 11.6. The largest absolute Gasteiger partial charge is 0.381 e. The molecular formula is C14H23NO. The molecule has 0 fully saturated rings. The summed E-state index contributed by atoms with van der Waals surface area (Å²) in [5, 5.41) is 3.37. The highest BCUT2D eigenvalue weighted by Crippen LogP contribution is 2.00. The molecule has 1 rings (SSSR count). The molecule has 0 spiro atoms. The molecule has 0 bridgehead atoms. The summed E-state index contributed by atoms with van der Waals surface area (Å²) in [7, 11) is 0. The highest BCUT2D eigenvalue weighted by molar-refractivity contribution is 5.14. The maximum Gasteiger partial charge on any atom is 0.0506 e. The van der Waals surface area contributed by atoms with Crippen molar-refractivity contribution in [3.8, 4) is 0 Å². The van der Waals surface area contributed by atoms with Crippen LogP contribution >= 0.6 is 0 Å². The molecule has 0 amide bonds. The first-order chi connectivity index (χ1) is 7.83. The number of hydrogen-bond donors (Lipinski definition) is 1. The summed E-state index contributed by atoms with van der Waals surface area (Å²) in [6.07, 6.45) is 2.10. The summed E-state index contributed by atoms with van der Waals surface area (Å²) in [5.74, 6) is 0. The van der Waals surface area contributed by atoms with Crippen LogP contribution in [-0.2, 0) is 11.2 Å². The van der Waals surface area contributed by atoms with Crippen LogP contribution in [0, 0.1) is 0 Å². The van der Waals surface area contributed by atoms with Crippen LogP contribution in [0.4, 0.5) is 0 Å². The Morgan fingerprint density at radius 1 is 1.19 bits per heavy atom. The second kappa shape index (κ2) is 8.31. The van der Waals surface area contributed by atoms with Gasteiger partial charge in [-0.1, -0.05) is 37.3 Å². The number of hydrogen-bond acceptors (Lipinski definition) is 2. The third-order valence-corrected chi connectivity index (χ3v) is 2.63. The molecule has 0 saturated carbocycles. The molecule has 1 aromatic rings. The molecule has 2 nitrogen and oxygen atoms in total. The molecule has 0 heterocycles. The van der Waals surface area contributed by atoms with Crippen LogP contribution in [0.25, 0.3) is 0 Å². The smallest absolute Gasteiger partial charge is 0.0506 e. The van der Waals surface area contributed by atoms with Gasteiger partial charge in [0.2, 0.25) is 0 Å². The second-order valence-electron chi connectivity index (χ2n) is 4.10. The van der Waals surface area contributed by atoms with E-state index in [0.717, 1.165) is 32.6 Å². The maximum atomic E-state index is 5.61. The van der Waals surface area contributed by atoms with E-state index in [1.807, 2.05) is 6.07 Å². The Bertz CT molecular complexity index is 261. The van der Waals surface area contributed by atoms with E-state index in [9.17, 15) is 0 Å². The van der Waals surface area contributed by atoms with Gasteiger partial charge < -0.3 is 10.1 Å². The van der Waals surface area contributed by atoms with Crippen molar-refractivity contribution in [3.05, 3.63) is 35.9 Å². The van der Waals surface area contributed by atoms with Gasteiger partial charge in [-0.05, 0) is 31.9 Å². The van der Waals surface area contributed by atoms with E-state index in [1.165, 1.54) is 5.56 Å². The second-order valence-corrected chi connectivity index (χ2v) is 4.10. The Morgan fingerprint density at radius 2 is 1.94 bits per heavy atom. The fourth-order valence-corrected chi connectivity index (χ4v) is 1.65. The fourth-order valence-electron chi connectivity index (χ4n) is 1.65. The van der Waals surface area contributed by atoms with Crippen molar-refractivity contribution < 1.29 is 4.74 Å². The third kappa shape index (κ3) is 5.89. The summed E-state index contributed by atoms with van der Waals surface area (Å²) >= 11 is 0. The first kappa shape index (κ1) is 13.2. The summed E-state index contributed by atoms with van der Waals surface area (Å²) in [5.41, 5.74) is 1.35. The van der Waals surface area contributed by atoms with Crippen LogP contribution in [0.2, 0.25) is 0 Å². The molecule has 2 heteroatoms. The number of rotatable bonds is 8. The predicted octanol–water partition coefficient (Wildman–Crippen LogP) is 2.63. The Kier molecular flexibility index (Phi) is 6.86. The first-order valence-electron chi connectivity index (χ1n) is 6.18. The molecule has 0 aliphatic rings. The molecule has 0 aliphatic heterocycles. The number of nitrogens with one attached hydrogen (secondary N) is 1. The molecule has 0 aromatic heterocycles. The molecule has 16 heavy (non-hydrogen) atoms. The quantitative estimate of drug-likeness (QED) is 0.681. The molecule has 1 atom stereocenters. The van der Waals surface area contributed by atoms with E-state index in [4.69, 9.17) is 4.74 Å². The van der Waals surface area contributed by atoms with E-state index < -0.39 is 0 Å². The Hall–Kier alpha value is -0.860. The van der Waals surface area contributed by atoms with Gasteiger partial charge in [-0.3, -0.25) is 0 Å². The zero-order valence-electron chi connectivity index (χ0n) is 10.4. The van der Waals surface area contributed by atoms with Gasteiger partial charge in [0.1, 0.15) is 0 Å². The molecule has 1 N–H and O–H groups in total. The lowest BCUT2D eigenvalue weighted by Gasteiger charge is -2.12. The van der Waals surface area contributed by atoms with Crippen LogP contribution in [-0.4, -0.2) is 25.8 Å².